The second kappa shape index (κ2) is 8.96. The molecule has 1 aromatic heterocycles. The van der Waals surface area contributed by atoms with Gasteiger partial charge in [-0.15, -0.1) is 0 Å². The van der Waals surface area contributed by atoms with Gasteiger partial charge in [-0.3, -0.25) is 9.48 Å². The van der Waals surface area contributed by atoms with Crippen LogP contribution in [0.4, 0.5) is 5.69 Å². The number of aromatic nitrogens is 2. The van der Waals surface area contributed by atoms with Crippen molar-refractivity contribution in [3.8, 4) is 5.75 Å². The van der Waals surface area contributed by atoms with Gasteiger partial charge in [0, 0.05) is 19.5 Å². The highest BCUT2D eigenvalue weighted by Crippen LogP contribution is 2.27. The summed E-state index contributed by atoms with van der Waals surface area (Å²) in [6.07, 6.45) is 1.94. The Kier molecular flexibility index (Phi) is 6.59. The van der Waals surface area contributed by atoms with Crippen molar-refractivity contribution in [2.75, 3.05) is 25.0 Å². The number of anilines is 1. The molecule has 2 aromatic rings. The lowest BCUT2D eigenvalue weighted by Crippen LogP contribution is -2.28. The van der Waals surface area contributed by atoms with E-state index in [9.17, 15) is 13.2 Å². The molecule has 8 nitrogen and oxygen atoms in total. The first kappa shape index (κ1) is 21.3. The number of aryl methyl sites for hydroxylation is 2. The van der Waals surface area contributed by atoms with Crippen molar-refractivity contribution >= 4 is 21.6 Å². The fourth-order valence-corrected chi connectivity index (χ4v) is 5.49. The molecule has 1 amide bonds. The summed E-state index contributed by atoms with van der Waals surface area (Å²) in [4.78, 5) is 12.7. The molecular weight excluding hydrogens is 392 g/mol. The van der Waals surface area contributed by atoms with Crippen molar-refractivity contribution in [3.63, 3.8) is 0 Å². The molecule has 0 bridgehead atoms. The van der Waals surface area contributed by atoms with Crippen molar-refractivity contribution < 1.29 is 17.9 Å². The van der Waals surface area contributed by atoms with E-state index in [1.54, 1.807) is 30.7 Å². The van der Waals surface area contributed by atoms with E-state index in [4.69, 9.17) is 4.74 Å². The summed E-state index contributed by atoms with van der Waals surface area (Å²) in [5.74, 6) is 0.433. The average Bonchev–Trinajstić information content (AvgIpc) is 3.31. The van der Waals surface area contributed by atoms with Crippen molar-refractivity contribution in [3.05, 3.63) is 35.7 Å². The van der Waals surface area contributed by atoms with Crippen LogP contribution in [-0.2, 0) is 21.4 Å². The highest BCUT2D eigenvalue weighted by molar-refractivity contribution is 7.89. The summed E-state index contributed by atoms with van der Waals surface area (Å²) in [7, 11) is -3.55. The van der Waals surface area contributed by atoms with Gasteiger partial charge in [-0.05, 0) is 45.7 Å². The Morgan fingerprint density at radius 2 is 1.90 bits per heavy atom. The van der Waals surface area contributed by atoms with Gasteiger partial charge in [0.1, 0.15) is 10.6 Å². The molecule has 1 saturated heterocycles. The van der Waals surface area contributed by atoms with E-state index in [0.29, 0.717) is 49.1 Å². The minimum Gasteiger partial charge on any atom is -0.492 e. The van der Waals surface area contributed by atoms with E-state index < -0.39 is 10.0 Å². The summed E-state index contributed by atoms with van der Waals surface area (Å²) in [5.41, 5.74) is 1.65. The number of carbonyl (C=O) groups excluding carboxylic acids is 1. The Morgan fingerprint density at radius 3 is 2.59 bits per heavy atom. The van der Waals surface area contributed by atoms with Gasteiger partial charge in [0.25, 0.3) is 0 Å². The molecule has 0 unspecified atom stereocenters. The Balaban J connectivity index is 1.70. The van der Waals surface area contributed by atoms with Gasteiger partial charge in [0.05, 0.1) is 30.2 Å². The van der Waals surface area contributed by atoms with Gasteiger partial charge in [-0.2, -0.15) is 9.40 Å². The fourth-order valence-electron chi connectivity index (χ4n) is 3.60. The molecule has 0 radical (unpaired) electrons. The number of nitrogens with zero attached hydrogens (tertiary/aromatic N) is 3. The van der Waals surface area contributed by atoms with Crippen LogP contribution in [0, 0.1) is 13.8 Å². The SMILES string of the molecule is CCOc1ccccc1NC(=O)CCn1nc(C)c(S(=O)(=O)N2CCCC2)c1C. The Bertz CT molecular complexity index is 978. The number of amides is 1. The van der Waals surface area contributed by atoms with Crippen LogP contribution in [-0.4, -0.2) is 48.1 Å². The monoisotopic (exact) mass is 420 g/mol. The molecular formula is C20H28N4O4S. The molecule has 1 fully saturated rings. The predicted octanol–water partition coefficient (Wildman–Crippen LogP) is 2.71. The zero-order valence-electron chi connectivity index (χ0n) is 17.1. The highest BCUT2D eigenvalue weighted by atomic mass is 32.2. The normalized spacial score (nSPS) is 14.9. The minimum absolute atomic E-state index is 0.172. The average molecular weight is 421 g/mol. The topological polar surface area (TPSA) is 93.5 Å². The first-order chi connectivity index (χ1) is 13.8. The number of benzene rings is 1. The zero-order chi connectivity index (χ0) is 21.0. The quantitative estimate of drug-likeness (QED) is 0.709. The molecule has 1 aliphatic heterocycles. The minimum atomic E-state index is -3.55. The predicted molar refractivity (Wildman–Crippen MR) is 111 cm³/mol. The molecule has 2 heterocycles. The lowest BCUT2D eigenvalue weighted by Gasteiger charge is -2.15. The first-order valence-corrected chi connectivity index (χ1v) is 11.3. The lowest BCUT2D eigenvalue weighted by atomic mass is 10.2. The van der Waals surface area contributed by atoms with E-state index in [1.807, 2.05) is 19.1 Å². The van der Waals surface area contributed by atoms with Gasteiger partial charge in [0.2, 0.25) is 15.9 Å². The molecule has 0 spiro atoms. The van der Waals surface area contributed by atoms with Crippen molar-refractivity contribution in [2.24, 2.45) is 0 Å². The second-order valence-electron chi connectivity index (χ2n) is 7.06. The number of hydrogen-bond donors (Lipinski definition) is 1. The summed E-state index contributed by atoms with van der Waals surface area (Å²) in [6.45, 7) is 7.23. The van der Waals surface area contributed by atoms with Crippen LogP contribution in [0.15, 0.2) is 29.2 Å². The van der Waals surface area contributed by atoms with Crippen molar-refractivity contribution in [1.82, 2.24) is 14.1 Å². The standard InChI is InChI=1S/C20H28N4O4S/c1-4-28-18-10-6-5-9-17(18)21-19(25)11-14-24-16(3)20(15(2)22-24)29(26,27)23-12-7-8-13-23/h5-6,9-10H,4,7-8,11-14H2,1-3H3,(H,21,25). The van der Waals surface area contributed by atoms with Crippen LogP contribution in [0.3, 0.4) is 0 Å². The summed E-state index contributed by atoms with van der Waals surface area (Å²) in [5, 5.41) is 7.23. The van der Waals surface area contributed by atoms with E-state index in [-0.39, 0.29) is 17.2 Å². The summed E-state index contributed by atoms with van der Waals surface area (Å²) in [6, 6.07) is 7.26. The molecule has 3 rings (SSSR count). The van der Waals surface area contributed by atoms with Gasteiger partial charge < -0.3 is 10.1 Å². The number of rotatable bonds is 8. The molecule has 0 atom stereocenters. The Hall–Kier alpha value is -2.39. The molecule has 0 saturated carbocycles. The van der Waals surface area contributed by atoms with Crippen molar-refractivity contribution in [1.29, 1.82) is 0 Å². The number of para-hydroxylation sites is 2. The maximum absolute atomic E-state index is 12.9. The van der Waals surface area contributed by atoms with Gasteiger partial charge in [-0.1, -0.05) is 12.1 Å². The zero-order valence-corrected chi connectivity index (χ0v) is 18.0. The third-order valence-corrected chi connectivity index (χ3v) is 7.14. The van der Waals surface area contributed by atoms with Crippen LogP contribution in [0.1, 0.15) is 37.6 Å². The molecule has 158 valence electrons. The number of sulfonamides is 1. The lowest BCUT2D eigenvalue weighted by molar-refractivity contribution is -0.116. The number of carbonyl (C=O) groups is 1. The van der Waals surface area contributed by atoms with Crippen LogP contribution in [0.5, 0.6) is 5.75 Å². The van der Waals surface area contributed by atoms with E-state index in [2.05, 4.69) is 10.4 Å². The fraction of sp³-hybridized carbons (Fsp3) is 0.500. The molecule has 29 heavy (non-hydrogen) atoms. The first-order valence-electron chi connectivity index (χ1n) is 9.90. The largest absolute Gasteiger partial charge is 0.492 e. The molecule has 1 N–H and O–H groups in total. The van der Waals surface area contributed by atoms with E-state index >= 15 is 0 Å². The van der Waals surface area contributed by atoms with Crippen molar-refractivity contribution in [2.45, 2.75) is 51.5 Å². The third kappa shape index (κ3) is 4.62. The van der Waals surface area contributed by atoms with Crippen LogP contribution in [0.25, 0.3) is 0 Å². The highest BCUT2D eigenvalue weighted by Gasteiger charge is 2.32. The van der Waals surface area contributed by atoms with E-state index in [0.717, 1.165) is 12.8 Å². The maximum atomic E-state index is 12.9. The van der Waals surface area contributed by atoms with Gasteiger partial charge in [0.15, 0.2) is 0 Å². The number of ether oxygens (including phenoxy) is 1. The van der Waals surface area contributed by atoms with E-state index in [1.165, 1.54) is 4.31 Å². The van der Waals surface area contributed by atoms with Crippen LogP contribution >= 0.6 is 0 Å². The molecule has 9 heteroatoms. The van der Waals surface area contributed by atoms with Crippen LogP contribution < -0.4 is 10.1 Å². The summed E-state index contributed by atoms with van der Waals surface area (Å²) < 4.78 is 34.5. The maximum Gasteiger partial charge on any atom is 0.246 e. The smallest absolute Gasteiger partial charge is 0.246 e. The second-order valence-corrected chi connectivity index (χ2v) is 8.94. The van der Waals surface area contributed by atoms with Gasteiger partial charge >= 0.3 is 0 Å². The van der Waals surface area contributed by atoms with Crippen LogP contribution in [0.2, 0.25) is 0 Å². The molecule has 1 aliphatic rings. The van der Waals surface area contributed by atoms with Gasteiger partial charge in [-0.25, -0.2) is 8.42 Å². The third-order valence-electron chi connectivity index (χ3n) is 4.99. The Morgan fingerprint density at radius 1 is 1.21 bits per heavy atom. The summed E-state index contributed by atoms with van der Waals surface area (Å²) >= 11 is 0. The number of nitrogens with one attached hydrogen (secondary N) is 1. The Labute approximate surface area is 171 Å². The molecule has 0 aliphatic carbocycles. The molecule has 1 aromatic carbocycles. The number of hydrogen-bond acceptors (Lipinski definition) is 5.